The van der Waals surface area contributed by atoms with Crippen LogP contribution in [0.3, 0.4) is 0 Å². The summed E-state index contributed by atoms with van der Waals surface area (Å²) in [6.45, 7) is 2.63. The van der Waals surface area contributed by atoms with Crippen LogP contribution < -0.4 is 10.5 Å². The Kier molecular flexibility index (Phi) is 4.04. The molecule has 0 radical (unpaired) electrons. The lowest BCUT2D eigenvalue weighted by atomic mass is 10.0. The third kappa shape index (κ3) is 2.57. The predicted octanol–water partition coefficient (Wildman–Crippen LogP) is 3.10. The molecule has 0 saturated heterocycles. The highest BCUT2D eigenvalue weighted by atomic mass is 35.5. The normalized spacial score (nSPS) is 10.9. The van der Waals surface area contributed by atoms with E-state index < -0.39 is 0 Å². The van der Waals surface area contributed by atoms with Gasteiger partial charge in [0, 0.05) is 22.2 Å². The molecule has 1 aromatic heterocycles. The summed E-state index contributed by atoms with van der Waals surface area (Å²) in [4.78, 5) is 4.60. The van der Waals surface area contributed by atoms with E-state index in [0.29, 0.717) is 11.6 Å². The van der Waals surface area contributed by atoms with Crippen LogP contribution in [0.15, 0.2) is 18.2 Å². The Bertz CT molecular complexity index is 569. The molecule has 2 rings (SSSR count). The van der Waals surface area contributed by atoms with Crippen LogP contribution in [0.1, 0.15) is 17.7 Å². The molecule has 2 aromatic rings. The molecule has 0 saturated carbocycles. The van der Waals surface area contributed by atoms with Gasteiger partial charge in [-0.2, -0.15) is 0 Å². The zero-order chi connectivity index (χ0) is 13.1. The molecule has 0 amide bonds. The van der Waals surface area contributed by atoms with Gasteiger partial charge in [-0.3, -0.25) is 4.98 Å². The van der Waals surface area contributed by atoms with Gasteiger partial charge in [0.05, 0.1) is 12.6 Å². The van der Waals surface area contributed by atoms with Crippen LogP contribution in [0.2, 0.25) is 5.02 Å². The van der Waals surface area contributed by atoms with Gasteiger partial charge in [-0.05, 0) is 44.0 Å². The second-order valence-electron chi connectivity index (χ2n) is 4.32. The third-order valence-electron chi connectivity index (χ3n) is 2.92. The number of ether oxygens (including phenoxy) is 1. The molecular weight excluding hydrogens is 248 g/mol. The van der Waals surface area contributed by atoms with Crippen molar-refractivity contribution < 1.29 is 4.74 Å². The SMILES string of the molecule is COc1cc(C)nc2c(CCCN)cc(Cl)cc12. The van der Waals surface area contributed by atoms with Crippen molar-refractivity contribution in [3.8, 4) is 5.75 Å². The van der Waals surface area contributed by atoms with Crippen molar-refractivity contribution in [1.29, 1.82) is 0 Å². The van der Waals surface area contributed by atoms with Crippen LogP contribution in [0.25, 0.3) is 10.9 Å². The Hall–Kier alpha value is -1.32. The molecule has 18 heavy (non-hydrogen) atoms. The fourth-order valence-electron chi connectivity index (χ4n) is 2.10. The van der Waals surface area contributed by atoms with E-state index in [1.54, 1.807) is 7.11 Å². The lowest BCUT2D eigenvalue weighted by molar-refractivity contribution is 0.419. The molecule has 3 nitrogen and oxygen atoms in total. The van der Waals surface area contributed by atoms with Crippen molar-refractivity contribution in [2.75, 3.05) is 13.7 Å². The van der Waals surface area contributed by atoms with E-state index in [9.17, 15) is 0 Å². The molecule has 0 atom stereocenters. The van der Waals surface area contributed by atoms with Crippen LogP contribution in [0.5, 0.6) is 5.75 Å². The number of methoxy groups -OCH3 is 1. The molecule has 0 unspecified atom stereocenters. The predicted molar refractivity (Wildman–Crippen MR) is 75.4 cm³/mol. The smallest absolute Gasteiger partial charge is 0.130 e. The summed E-state index contributed by atoms with van der Waals surface area (Å²) in [5.74, 6) is 0.814. The quantitative estimate of drug-likeness (QED) is 0.923. The monoisotopic (exact) mass is 264 g/mol. The van der Waals surface area contributed by atoms with E-state index in [0.717, 1.165) is 40.8 Å². The minimum absolute atomic E-state index is 0.664. The molecule has 1 heterocycles. The summed E-state index contributed by atoms with van der Waals surface area (Å²) >= 11 is 6.16. The van der Waals surface area contributed by atoms with Crippen LogP contribution in [0.4, 0.5) is 0 Å². The van der Waals surface area contributed by atoms with Gasteiger partial charge in [0.25, 0.3) is 0 Å². The number of aromatic nitrogens is 1. The standard InChI is InChI=1S/C14H17ClN2O/c1-9-6-13(18-2)12-8-11(15)7-10(4-3-5-16)14(12)17-9/h6-8H,3-5,16H2,1-2H3. The van der Waals surface area contributed by atoms with E-state index in [-0.39, 0.29) is 0 Å². The minimum atomic E-state index is 0.664. The first-order valence-electron chi connectivity index (χ1n) is 5.99. The maximum absolute atomic E-state index is 6.16. The first-order valence-corrected chi connectivity index (χ1v) is 6.37. The van der Waals surface area contributed by atoms with Gasteiger partial charge in [-0.15, -0.1) is 0 Å². The summed E-state index contributed by atoms with van der Waals surface area (Å²) in [5.41, 5.74) is 8.60. The highest BCUT2D eigenvalue weighted by Crippen LogP contribution is 2.31. The summed E-state index contributed by atoms with van der Waals surface area (Å²) in [7, 11) is 1.66. The Morgan fingerprint density at radius 2 is 2.11 bits per heavy atom. The molecule has 0 spiro atoms. The molecular formula is C14H17ClN2O. The summed E-state index contributed by atoms with van der Waals surface area (Å²) < 4.78 is 5.40. The van der Waals surface area contributed by atoms with Crippen molar-refractivity contribution in [2.45, 2.75) is 19.8 Å². The number of halogens is 1. The lowest BCUT2D eigenvalue weighted by Crippen LogP contribution is -2.02. The molecule has 0 aliphatic rings. The Labute approximate surface area is 112 Å². The van der Waals surface area contributed by atoms with Gasteiger partial charge in [0.15, 0.2) is 0 Å². The van der Waals surface area contributed by atoms with Crippen molar-refractivity contribution in [1.82, 2.24) is 4.98 Å². The third-order valence-corrected chi connectivity index (χ3v) is 3.14. The number of benzene rings is 1. The zero-order valence-corrected chi connectivity index (χ0v) is 11.4. The second kappa shape index (κ2) is 5.55. The van der Waals surface area contributed by atoms with Crippen molar-refractivity contribution in [2.24, 2.45) is 5.73 Å². The summed E-state index contributed by atoms with van der Waals surface area (Å²) in [5, 5.41) is 1.67. The Morgan fingerprint density at radius 1 is 1.33 bits per heavy atom. The number of rotatable bonds is 4. The van der Waals surface area contributed by atoms with E-state index >= 15 is 0 Å². The number of fused-ring (bicyclic) bond motifs is 1. The van der Waals surface area contributed by atoms with Crippen molar-refractivity contribution in [3.05, 3.63) is 34.5 Å². The second-order valence-corrected chi connectivity index (χ2v) is 4.76. The van der Waals surface area contributed by atoms with Gasteiger partial charge in [-0.25, -0.2) is 0 Å². The molecule has 2 N–H and O–H groups in total. The number of hydrogen-bond acceptors (Lipinski definition) is 3. The van der Waals surface area contributed by atoms with E-state index in [1.807, 2.05) is 25.1 Å². The Morgan fingerprint density at radius 3 is 2.78 bits per heavy atom. The average Bonchev–Trinajstić information content (AvgIpc) is 2.35. The van der Waals surface area contributed by atoms with Crippen LogP contribution in [-0.2, 0) is 6.42 Å². The fraction of sp³-hybridized carbons (Fsp3) is 0.357. The van der Waals surface area contributed by atoms with Crippen LogP contribution in [0, 0.1) is 6.92 Å². The van der Waals surface area contributed by atoms with E-state index in [1.165, 1.54) is 0 Å². The highest BCUT2D eigenvalue weighted by Gasteiger charge is 2.10. The fourth-order valence-corrected chi connectivity index (χ4v) is 2.34. The molecule has 4 heteroatoms. The largest absolute Gasteiger partial charge is 0.496 e. The van der Waals surface area contributed by atoms with Crippen LogP contribution >= 0.6 is 11.6 Å². The van der Waals surface area contributed by atoms with Crippen molar-refractivity contribution >= 4 is 22.5 Å². The molecule has 0 bridgehead atoms. The number of aryl methyl sites for hydroxylation is 2. The first kappa shape index (κ1) is 13.1. The van der Waals surface area contributed by atoms with Gasteiger partial charge in [-0.1, -0.05) is 11.6 Å². The number of pyridine rings is 1. The Balaban J connectivity index is 2.66. The zero-order valence-electron chi connectivity index (χ0n) is 10.7. The minimum Gasteiger partial charge on any atom is -0.496 e. The van der Waals surface area contributed by atoms with Gasteiger partial charge in [0.1, 0.15) is 5.75 Å². The molecule has 96 valence electrons. The molecule has 0 fully saturated rings. The maximum Gasteiger partial charge on any atom is 0.130 e. The topological polar surface area (TPSA) is 48.1 Å². The molecule has 0 aliphatic carbocycles. The van der Waals surface area contributed by atoms with Crippen LogP contribution in [-0.4, -0.2) is 18.6 Å². The molecule has 0 aliphatic heterocycles. The summed E-state index contributed by atoms with van der Waals surface area (Å²) in [6.07, 6.45) is 1.81. The summed E-state index contributed by atoms with van der Waals surface area (Å²) in [6, 6.07) is 5.78. The van der Waals surface area contributed by atoms with Gasteiger partial charge < -0.3 is 10.5 Å². The first-order chi connectivity index (χ1) is 8.65. The average molecular weight is 265 g/mol. The number of nitrogens with zero attached hydrogens (tertiary/aromatic N) is 1. The van der Waals surface area contributed by atoms with Gasteiger partial charge >= 0.3 is 0 Å². The lowest BCUT2D eigenvalue weighted by Gasteiger charge is -2.11. The van der Waals surface area contributed by atoms with Gasteiger partial charge in [0.2, 0.25) is 0 Å². The number of hydrogen-bond donors (Lipinski definition) is 1. The van der Waals surface area contributed by atoms with E-state index in [2.05, 4.69) is 4.98 Å². The maximum atomic E-state index is 6.16. The van der Waals surface area contributed by atoms with E-state index in [4.69, 9.17) is 22.1 Å². The van der Waals surface area contributed by atoms with Crippen molar-refractivity contribution in [3.63, 3.8) is 0 Å². The molecule has 1 aromatic carbocycles. The highest BCUT2D eigenvalue weighted by molar-refractivity contribution is 6.31. The number of nitrogens with two attached hydrogens (primary N) is 1.